The van der Waals surface area contributed by atoms with Gasteiger partial charge in [-0.15, -0.1) is 11.3 Å². The molecular formula is C17H21ClNO3PS. The Hall–Kier alpha value is -1.29. The van der Waals surface area contributed by atoms with Crippen LogP contribution in [0, 0.1) is 6.92 Å². The third kappa shape index (κ3) is 4.02. The van der Waals surface area contributed by atoms with Crippen LogP contribution in [-0.4, -0.2) is 17.7 Å². The number of benzene rings is 1. The molecule has 0 aliphatic heterocycles. The van der Waals surface area contributed by atoms with E-state index in [0.717, 1.165) is 10.4 Å². The molecule has 1 unspecified atom stereocenters. The summed E-state index contributed by atoms with van der Waals surface area (Å²) in [7, 11) is -3.00. The molecule has 0 spiro atoms. The zero-order valence-corrected chi connectivity index (χ0v) is 16.8. The summed E-state index contributed by atoms with van der Waals surface area (Å²) in [4.78, 5) is 12.7. The van der Waals surface area contributed by atoms with Crippen LogP contribution >= 0.6 is 30.2 Å². The molecular weight excluding hydrogens is 365 g/mol. The number of carboxylic acid groups (broad SMARTS) is 1. The Bertz CT molecular complexity index is 839. The minimum Gasteiger partial charge on any atom is -0.477 e. The van der Waals surface area contributed by atoms with E-state index in [1.807, 2.05) is 27.7 Å². The number of anilines is 1. The monoisotopic (exact) mass is 385 g/mol. The third-order valence-electron chi connectivity index (χ3n) is 3.62. The topological polar surface area (TPSA) is 66.4 Å². The molecule has 2 N–H and O–H groups in total. The van der Waals surface area contributed by atoms with E-state index in [2.05, 4.69) is 5.09 Å². The van der Waals surface area contributed by atoms with Crippen molar-refractivity contribution in [2.24, 2.45) is 0 Å². The molecule has 0 fully saturated rings. The summed E-state index contributed by atoms with van der Waals surface area (Å²) in [6.07, 6.45) is 0. The first kappa shape index (κ1) is 19.0. The highest BCUT2D eigenvalue weighted by molar-refractivity contribution is 7.72. The molecule has 130 valence electrons. The first-order chi connectivity index (χ1) is 10.9. The van der Waals surface area contributed by atoms with Gasteiger partial charge in [-0.1, -0.05) is 32.4 Å². The zero-order valence-electron chi connectivity index (χ0n) is 14.3. The van der Waals surface area contributed by atoms with Crippen molar-refractivity contribution in [1.29, 1.82) is 0 Å². The second-order valence-electron chi connectivity index (χ2n) is 6.88. The summed E-state index contributed by atoms with van der Waals surface area (Å²) in [5.41, 5.74) is 1.03. The number of hydrogen-bond acceptors (Lipinski definition) is 3. The molecule has 0 amide bonds. The summed E-state index contributed by atoms with van der Waals surface area (Å²) in [5, 5.41) is 13.7. The zero-order chi connectivity index (χ0) is 18.3. The van der Waals surface area contributed by atoms with Gasteiger partial charge in [-0.25, -0.2) is 4.79 Å². The van der Waals surface area contributed by atoms with Crippen molar-refractivity contribution in [1.82, 2.24) is 0 Å². The second kappa shape index (κ2) is 6.55. The normalized spacial score (nSPS) is 14.2. The molecule has 1 heterocycles. The largest absolute Gasteiger partial charge is 0.477 e. The summed E-state index contributed by atoms with van der Waals surface area (Å²) in [6, 6.07) is 6.95. The van der Waals surface area contributed by atoms with E-state index in [1.165, 1.54) is 11.3 Å². The Morgan fingerprint density at radius 1 is 1.29 bits per heavy atom. The molecule has 0 saturated carbocycles. The van der Waals surface area contributed by atoms with Crippen LogP contribution in [0.15, 0.2) is 24.3 Å². The summed E-state index contributed by atoms with van der Waals surface area (Å²) in [6.45, 7) is 9.49. The maximum Gasteiger partial charge on any atom is 0.348 e. The fraction of sp³-hybridized carbons (Fsp3) is 0.353. The molecule has 1 atom stereocenters. The molecule has 7 heteroatoms. The van der Waals surface area contributed by atoms with Gasteiger partial charge in [0.2, 0.25) is 0 Å². The van der Waals surface area contributed by atoms with Crippen molar-refractivity contribution < 1.29 is 14.5 Å². The van der Waals surface area contributed by atoms with Gasteiger partial charge in [0.15, 0.2) is 7.29 Å². The van der Waals surface area contributed by atoms with Crippen LogP contribution in [0.1, 0.15) is 40.9 Å². The van der Waals surface area contributed by atoms with Gasteiger partial charge < -0.3 is 10.2 Å². The summed E-state index contributed by atoms with van der Waals surface area (Å²) < 4.78 is 13.2. The highest BCUT2D eigenvalue weighted by Gasteiger charge is 2.27. The molecule has 2 rings (SSSR count). The smallest absolute Gasteiger partial charge is 0.348 e. The van der Waals surface area contributed by atoms with E-state index in [9.17, 15) is 14.5 Å². The van der Waals surface area contributed by atoms with Crippen molar-refractivity contribution >= 4 is 47.2 Å². The van der Waals surface area contributed by atoms with Crippen LogP contribution in [0.3, 0.4) is 0 Å². The van der Waals surface area contributed by atoms with Crippen LogP contribution < -0.4 is 10.4 Å². The minimum absolute atomic E-state index is 0.175. The number of thiophene rings is 1. The van der Waals surface area contributed by atoms with Gasteiger partial charge in [0.25, 0.3) is 0 Å². The van der Waals surface area contributed by atoms with Crippen molar-refractivity contribution in [3.63, 3.8) is 0 Å². The van der Waals surface area contributed by atoms with E-state index >= 15 is 0 Å². The molecule has 2 aromatic rings. The second-order valence-corrected chi connectivity index (χ2v) is 10.9. The van der Waals surface area contributed by atoms with Crippen molar-refractivity contribution in [2.75, 3.05) is 11.8 Å². The van der Waals surface area contributed by atoms with Crippen LogP contribution in [0.25, 0.3) is 0 Å². The molecule has 24 heavy (non-hydrogen) atoms. The molecule has 0 saturated heterocycles. The lowest BCUT2D eigenvalue weighted by Gasteiger charge is -2.19. The Balaban J connectivity index is 2.47. The Morgan fingerprint density at radius 3 is 2.42 bits per heavy atom. The highest BCUT2D eigenvalue weighted by atomic mass is 35.5. The fourth-order valence-electron chi connectivity index (χ4n) is 2.39. The van der Waals surface area contributed by atoms with E-state index in [-0.39, 0.29) is 10.3 Å². The number of aromatic carboxylic acids is 1. The SMILES string of the molecule is Cc1cc(Cl)ccc1P(C)(=O)Nc1cc(C(C)(C)C)sc1C(=O)O. The molecule has 0 aliphatic rings. The van der Waals surface area contributed by atoms with E-state index < -0.39 is 13.3 Å². The average Bonchev–Trinajstić information content (AvgIpc) is 2.81. The van der Waals surface area contributed by atoms with Crippen molar-refractivity contribution in [2.45, 2.75) is 33.1 Å². The van der Waals surface area contributed by atoms with E-state index in [4.69, 9.17) is 11.6 Å². The van der Waals surface area contributed by atoms with Gasteiger partial charge >= 0.3 is 5.97 Å². The van der Waals surface area contributed by atoms with Crippen LogP contribution in [0.5, 0.6) is 0 Å². The maximum atomic E-state index is 13.2. The maximum absolute atomic E-state index is 13.2. The van der Waals surface area contributed by atoms with Gasteiger partial charge in [-0.3, -0.25) is 4.57 Å². The fourth-order valence-corrected chi connectivity index (χ4v) is 5.56. The number of carbonyl (C=O) groups is 1. The Kier molecular flexibility index (Phi) is 5.19. The number of carboxylic acids is 1. The van der Waals surface area contributed by atoms with Crippen molar-refractivity contribution in [3.05, 3.63) is 44.6 Å². The van der Waals surface area contributed by atoms with Gasteiger partial charge in [0.05, 0.1) is 5.69 Å². The Morgan fingerprint density at radius 2 is 1.92 bits per heavy atom. The molecule has 4 nitrogen and oxygen atoms in total. The van der Waals surface area contributed by atoms with Gasteiger partial charge in [0.1, 0.15) is 4.88 Å². The first-order valence-corrected chi connectivity index (χ1v) is 10.8. The van der Waals surface area contributed by atoms with Gasteiger partial charge in [-0.2, -0.15) is 0 Å². The van der Waals surface area contributed by atoms with Crippen LogP contribution in [0.2, 0.25) is 5.02 Å². The van der Waals surface area contributed by atoms with Crippen LogP contribution in [0.4, 0.5) is 5.69 Å². The highest BCUT2D eigenvalue weighted by Crippen LogP contribution is 2.45. The van der Waals surface area contributed by atoms with E-state index in [1.54, 1.807) is 30.9 Å². The molecule has 0 radical (unpaired) electrons. The molecule has 0 aliphatic carbocycles. The molecule has 1 aromatic heterocycles. The van der Waals surface area contributed by atoms with E-state index in [0.29, 0.717) is 16.0 Å². The lowest BCUT2D eigenvalue weighted by atomic mass is 9.95. The number of nitrogens with one attached hydrogen (secondary N) is 1. The van der Waals surface area contributed by atoms with Gasteiger partial charge in [-0.05, 0) is 42.2 Å². The van der Waals surface area contributed by atoms with Crippen LogP contribution in [-0.2, 0) is 9.98 Å². The first-order valence-electron chi connectivity index (χ1n) is 7.42. The lowest BCUT2D eigenvalue weighted by molar-refractivity contribution is 0.0703. The lowest BCUT2D eigenvalue weighted by Crippen LogP contribution is -2.14. The predicted molar refractivity (Wildman–Crippen MR) is 103 cm³/mol. The molecule has 1 aromatic carbocycles. The predicted octanol–water partition coefficient (Wildman–Crippen LogP) is 5.35. The summed E-state index contributed by atoms with van der Waals surface area (Å²) in [5.74, 6) is -1.02. The standard InChI is InChI=1S/C17H21ClNO3PS/c1-10-8-11(18)6-7-13(10)23(5,22)19-12-9-14(17(2,3)4)24-15(12)16(20)21/h6-9H,1-5H3,(H,19,22)(H,20,21). The Labute approximate surface area is 151 Å². The number of aryl methyl sites for hydroxylation is 1. The minimum atomic E-state index is -3.00. The average molecular weight is 386 g/mol. The quantitative estimate of drug-likeness (QED) is 0.696. The third-order valence-corrected chi connectivity index (χ3v) is 7.49. The number of hydrogen-bond donors (Lipinski definition) is 2. The number of rotatable bonds is 4. The molecule has 0 bridgehead atoms. The van der Waals surface area contributed by atoms with Crippen molar-refractivity contribution in [3.8, 4) is 0 Å². The number of halogens is 1. The van der Waals surface area contributed by atoms with Gasteiger partial charge in [0, 0.05) is 21.9 Å². The summed E-state index contributed by atoms with van der Waals surface area (Å²) >= 11 is 7.17.